The van der Waals surface area contributed by atoms with Gasteiger partial charge in [0.2, 0.25) is 5.78 Å². The van der Waals surface area contributed by atoms with Gasteiger partial charge in [-0.2, -0.15) is 0 Å². The van der Waals surface area contributed by atoms with Crippen LogP contribution in [-0.2, 0) is 0 Å². The van der Waals surface area contributed by atoms with E-state index >= 15 is 0 Å². The maximum Gasteiger partial charge on any atom is 0.203 e. The van der Waals surface area contributed by atoms with E-state index in [0.717, 1.165) is 5.56 Å². The summed E-state index contributed by atoms with van der Waals surface area (Å²) in [7, 11) is 4.50. The highest BCUT2D eigenvalue weighted by Crippen LogP contribution is 2.37. The third-order valence-corrected chi connectivity index (χ3v) is 4.37. The molecule has 2 aromatic rings. The molecule has 0 radical (unpaired) electrons. The number of rotatable bonds is 8. The molecule has 27 heavy (non-hydrogen) atoms. The Morgan fingerprint density at radius 3 is 2.41 bits per heavy atom. The van der Waals surface area contributed by atoms with Crippen LogP contribution in [0.2, 0.25) is 0 Å². The lowest BCUT2D eigenvalue weighted by Crippen LogP contribution is -2.05. The van der Waals surface area contributed by atoms with Crippen LogP contribution in [0.1, 0.15) is 22.8 Å². The van der Waals surface area contributed by atoms with Crippen LogP contribution < -0.4 is 24.7 Å². The van der Waals surface area contributed by atoms with E-state index in [2.05, 4.69) is 15.9 Å². The number of benzene rings is 2. The summed E-state index contributed by atoms with van der Waals surface area (Å²) in [5.74, 6) is 1.52. The van der Waals surface area contributed by atoms with E-state index in [1.165, 1.54) is 21.3 Å². The van der Waals surface area contributed by atoms with Crippen LogP contribution in [0.15, 0.2) is 34.8 Å². The lowest BCUT2D eigenvalue weighted by Gasteiger charge is -2.14. The number of hydrogen-bond acceptors (Lipinski definition) is 6. The molecule has 0 saturated carbocycles. The van der Waals surface area contributed by atoms with Gasteiger partial charge in [-0.05, 0) is 52.7 Å². The Bertz CT molecular complexity index is 864. The predicted octanol–water partition coefficient (Wildman–Crippen LogP) is 4.31. The second-order valence-corrected chi connectivity index (χ2v) is 6.32. The van der Waals surface area contributed by atoms with Crippen molar-refractivity contribution in [1.29, 1.82) is 0 Å². The number of ketones is 1. The van der Waals surface area contributed by atoms with Gasteiger partial charge in [0.15, 0.2) is 11.5 Å². The van der Waals surface area contributed by atoms with Crippen molar-refractivity contribution in [3.63, 3.8) is 0 Å². The summed E-state index contributed by atoms with van der Waals surface area (Å²) < 4.78 is 21.7. The Kier molecular flexibility index (Phi) is 7.12. The number of allylic oxidation sites excluding steroid dienone is 1. The fraction of sp³-hybridized carbons (Fsp3) is 0.250. The van der Waals surface area contributed by atoms with E-state index in [0.29, 0.717) is 45.3 Å². The molecule has 0 aliphatic heterocycles. The number of anilines is 1. The number of methoxy groups -OCH3 is 3. The molecule has 144 valence electrons. The highest BCUT2D eigenvalue weighted by Gasteiger charge is 2.21. The molecule has 0 aliphatic rings. The summed E-state index contributed by atoms with van der Waals surface area (Å²) in [5.41, 5.74) is 7.51. The summed E-state index contributed by atoms with van der Waals surface area (Å²) in [5, 5.41) is 0. The van der Waals surface area contributed by atoms with Gasteiger partial charge in [-0.15, -0.1) is 0 Å². The number of Topliss-reactive ketones (excluding diaryl/α,β-unsaturated/α-hetero) is 1. The number of halogens is 1. The molecule has 0 aliphatic carbocycles. The molecule has 0 amide bonds. The Morgan fingerprint density at radius 1 is 1.07 bits per heavy atom. The minimum absolute atomic E-state index is 0.279. The minimum Gasteiger partial charge on any atom is -0.497 e. The van der Waals surface area contributed by atoms with Crippen molar-refractivity contribution in [1.82, 2.24) is 0 Å². The highest BCUT2D eigenvalue weighted by molar-refractivity contribution is 9.12. The Morgan fingerprint density at radius 2 is 1.81 bits per heavy atom. The Hall–Kier alpha value is -2.67. The second kappa shape index (κ2) is 9.32. The van der Waals surface area contributed by atoms with Crippen LogP contribution in [0.25, 0.3) is 6.08 Å². The van der Waals surface area contributed by atoms with Crippen LogP contribution in [0, 0.1) is 0 Å². The van der Waals surface area contributed by atoms with E-state index in [-0.39, 0.29) is 5.78 Å². The van der Waals surface area contributed by atoms with E-state index in [1.807, 2.05) is 6.92 Å². The van der Waals surface area contributed by atoms with Gasteiger partial charge in [-0.1, -0.05) is 6.07 Å². The normalized spacial score (nSPS) is 11.1. The van der Waals surface area contributed by atoms with Gasteiger partial charge < -0.3 is 24.7 Å². The zero-order valence-corrected chi connectivity index (χ0v) is 17.3. The maximum absolute atomic E-state index is 13.0. The van der Waals surface area contributed by atoms with E-state index < -0.39 is 0 Å². The van der Waals surface area contributed by atoms with Gasteiger partial charge in [0.05, 0.1) is 43.7 Å². The molecule has 0 unspecified atom stereocenters. The first-order valence-corrected chi connectivity index (χ1v) is 8.98. The van der Waals surface area contributed by atoms with E-state index in [4.69, 9.17) is 24.7 Å². The van der Waals surface area contributed by atoms with Crippen molar-refractivity contribution in [2.24, 2.45) is 0 Å². The maximum atomic E-state index is 13.0. The third-order valence-electron chi connectivity index (χ3n) is 3.78. The predicted molar refractivity (Wildman–Crippen MR) is 109 cm³/mol. The van der Waals surface area contributed by atoms with Crippen molar-refractivity contribution in [2.45, 2.75) is 6.92 Å². The summed E-state index contributed by atoms with van der Waals surface area (Å²) in [6, 6.07) is 8.57. The molecule has 2 aromatic carbocycles. The second-order valence-electron chi connectivity index (χ2n) is 5.46. The highest BCUT2D eigenvalue weighted by atomic mass is 79.9. The molecule has 2 N–H and O–H groups in total. The molecule has 0 spiro atoms. The largest absolute Gasteiger partial charge is 0.497 e. The third kappa shape index (κ3) is 4.74. The summed E-state index contributed by atoms with van der Waals surface area (Å²) in [6.45, 7) is 2.38. The van der Waals surface area contributed by atoms with Gasteiger partial charge in [0.1, 0.15) is 11.5 Å². The zero-order valence-electron chi connectivity index (χ0n) is 15.7. The van der Waals surface area contributed by atoms with Crippen LogP contribution >= 0.6 is 15.9 Å². The van der Waals surface area contributed by atoms with Crippen LogP contribution in [0.5, 0.6) is 23.0 Å². The quantitative estimate of drug-likeness (QED) is 0.377. The number of carbonyl (C=O) groups excluding carboxylic acids is 1. The number of nitrogens with two attached hydrogens (primary N) is 1. The first-order chi connectivity index (χ1) is 12.9. The molecule has 2 rings (SSSR count). The van der Waals surface area contributed by atoms with Crippen molar-refractivity contribution in [3.8, 4) is 23.0 Å². The number of hydrogen-bond donors (Lipinski definition) is 1. The number of carbonyl (C=O) groups is 1. The molecule has 0 bridgehead atoms. The standard InChI is InChI=1S/C20H22BrNO5/c1-5-27-17-9-12(6-7-16(17)22)8-15(21)19(23)14-10-13(24-2)11-18(25-3)20(14)26-4/h6-11H,5,22H2,1-4H3. The monoisotopic (exact) mass is 435 g/mol. The van der Waals surface area contributed by atoms with E-state index in [9.17, 15) is 4.79 Å². The fourth-order valence-corrected chi connectivity index (χ4v) is 2.97. The summed E-state index contributed by atoms with van der Waals surface area (Å²) >= 11 is 3.36. The molecule has 0 atom stereocenters. The fourth-order valence-electron chi connectivity index (χ4n) is 2.49. The van der Waals surface area contributed by atoms with Crippen molar-refractivity contribution in [2.75, 3.05) is 33.7 Å². The molecule has 0 fully saturated rings. The van der Waals surface area contributed by atoms with E-state index in [1.54, 1.807) is 36.4 Å². The van der Waals surface area contributed by atoms with Crippen LogP contribution in [-0.4, -0.2) is 33.7 Å². The van der Waals surface area contributed by atoms with Crippen molar-refractivity contribution in [3.05, 3.63) is 45.9 Å². The van der Waals surface area contributed by atoms with Crippen LogP contribution in [0.3, 0.4) is 0 Å². The minimum atomic E-state index is -0.279. The average molecular weight is 436 g/mol. The molecule has 0 heterocycles. The molecule has 0 saturated heterocycles. The molecular weight excluding hydrogens is 414 g/mol. The Labute approximate surface area is 167 Å². The summed E-state index contributed by atoms with van der Waals surface area (Å²) in [6.07, 6.45) is 1.69. The lowest BCUT2D eigenvalue weighted by molar-refractivity contribution is 0.104. The summed E-state index contributed by atoms with van der Waals surface area (Å²) in [4.78, 5) is 13.0. The molecule has 6 nitrogen and oxygen atoms in total. The smallest absolute Gasteiger partial charge is 0.203 e. The molecular formula is C20H22BrNO5. The van der Waals surface area contributed by atoms with Gasteiger partial charge in [-0.25, -0.2) is 0 Å². The first-order valence-electron chi connectivity index (χ1n) is 8.19. The number of nitrogen functional groups attached to an aromatic ring is 1. The van der Waals surface area contributed by atoms with Gasteiger partial charge in [-0.3, -0.25) is 4.79 Å². The zero-order chi connectivity index (χ0) is 20.0. The number of ether oxygens (including phenoxy) is 4. The lowest BCUT2D eigenvalue weighted by atomic mass is 10.1. The van der Waals surface area contributed by atoms with Crippen LogP contribution in [0.4, 0.5) is 5.69 Å². The molecule has 7 heteroatoms. The van der Waals surface area contributed by atoms with Gasteiger partial charge >= 0.3 is 0 Å². The SMILES string of the molecule is CCOc1cc(C=C(Br)C(=O)c2cc(OC)cc(OC)c2OC)ccc1N. The van der Waals surface area contributed by atoms with Crippen molar-refractivity contribution < 1.29 is 23.7 Å². The van der Waals surface area contributed by atoms with Gasteiger partial charge in [0, 0.05) is 6.07 Å². The average Bonchev–Trinajstić information content (AvgIpc) is 2.68. The van der Waals surface area contributed by atoms with Crippen molar-refractivity contribution >= 4 is 33.5 Å². The molecule has 0 aromatic heterocycles. The first kappa shape index (κ1) is 20.6. The topological polar surface area (TPSA) is 80.0 Å². The Balaban J connectivity index is 2.45. The van der Waals surface area contributed by atoms with Gasteiger partial charge in [0.25, 0.3) is 0 Å².